The maximum atomic E-state index is 12.6. The molecule has 0 aliphatic heterocycles. The Morgan fingerprint density at radius 1 is 0.723 bits per heavy atom. The first kappa shape index (κ1) is 42.0. The van der Waals surface area contributed by atoms with Gasteiger partial charge in [0, 0.05) is 25.7 Å². The summed E-state index contributed by atoms with van der Waals surface area (Å²) in [6, 6.07) is 9.21. The number of benzene rings is 1. The van der Waals surface area contributed by atoms with Gasteiger partial charge < -0.3 is 29.8 Å². The van der Waals surface area contributed by atoms with Gasteiger partial charge in [0.2, 0.25) is 0 Å². The highest BCUT2D eigenvalue weighted by atomic mass is 31.2. The summed E-state index contributed by atoms with van der Waals surface area (Å²) in [6.45, 7) is -3.14. The average Bonchev–Trinajstić information content (AvgIpc) is 3.00. The van der Waals surface area contributed by atoms with Crippen LogP contribution in [0.4, 0.5) is 0 Å². The van der Waals surface area contributed by atoms with E-state index in [9.17, 15) is 48.8 Å². The number of aldehydes is 2. The van der Waals surface area contributed by atoms with Gasteiger partial charge in [0.25, 0.3) is 0 Å². The number of aliphatic carboxylic acids is 3. The molecule has 1 rings (SSSR count). The Bertz CT molecular complexity index is 1080. The summed E-state index contributed by atoms with van der Waals surface area (Å²) in [5.74, 6) is -4.00. The van der Waals surface area contributed by atoms with Crippen LogP contribution in [0.15, 0.2) is 30.3 Å². The number of aryl methyl sites for hydroxylation is 1. The van der Waals surface area contributed by atoms with Crippen LogP contribution in [0.3, 0.4) is 0 Å². The zero-order valence-corrected chi connectivity index (χ0v) is 27.8. The second-order valence-corrected chi connectivity index (χ2v) is 12.7. The van der Waals surface area contributed by atoms with E-state index in [1.54, 1.807) is 0 Å². The zero-order chi connectivity index (χ0) is 34.9. The van der Waals surface area contributed by atoms with E-state index < -0.39 is 58.0 Å². The van der Waals surface area contributed by atoms with Crippen molar-refractivity contribution in [1.29, 1.82) is 0 Å². The Kier molecular flexibility index (Phi) is 22.4. The van der Waals surface area contributed by atoms with Crippen molar-refractivity contribution >= 4 is 38.3 Å². The fourth-order valence-corrected chi connectivity index (χ4v) is 5.74. The molecule has 47 heavy (non-hydrogen) atoms. The van der Waals surface area contributed by atoms with E-state index in [-0.39, 0.29) is 39.3 Å². The predicted molar refractivity (Wildman–Crippen MR) is 172 cm³/mol. The molecule has 4 N–H and O–H groups in total. The van der Waals surface area contributed by atoms with Crippen molar-refractivity contribution in [2.75, 3.05) is 65.6 Å². The maximum absolute atomic E-state index is 12.6. The summed E-state index contributed by atoms with van der Waals surface area (Å²) in [4.78, 5) is 70.4. The van der Waals surface area contributed by atoms with E-state index in [0.29, 0.717) is 19.0 Å². The largest absolute Gasteiger partial charge is 0.480 e. The molecule has 0 heterocycles. The summed E-state index contributed by atoms with van der Waals surface area (Å²) in [5, 5.41) is 28.1. The highest BCUT2D eigenvalue weighted by Gasteiger charge is 2.30. The molecule has 1 aromatic carbocycles. The Hall–Kier alpha value is -3.04. The van der Waals surface area contributed by atoms with Crippen LogP contribution in [-0.4, -0.2) is 137 Å². The monoisotopic (exact) mass is 687 g/mol. The van der Waals surface area contributed by atoms with Gasteiger partial charge in [0.1, 0.15) is 12.6 Å². The fraction of sp³-hybridized carbons (Fsp3) is 0.645. The third-order valence-electron chi connectivity index (χ3n) is 7.31. The number of unbranched alkanes of at least 4 members (excludes halogenated alkanes) is 7. The lowest BCUT2D eigenvalue weighted by atomic mass is 10.0. The molecule has 0 bridgehead atoms. The van der Waals surface area contributed by atoms with Gasteiger partial charge >= 0.3 is 25.7 Å². The highest BCUT2D eigenvalue weighted by Crippen LogP contribution is 2.43. The standard InChI is InChI=1S/C31H50N3O12P/c35-19-17-32(18-20-36)15-16-33(23-29(37)38)22-28(34(24-30(39)40)25-31(41)42)26-46-47(43,44)45-21-11-6-4-2-1-3-5-8-12-27-13-9-7-10-14-27/h7,9-10,13-14,19-20,28H,1-6,8,11-12,15-18,21-26H2,(H,37,38)(H,39,40)(H,41,42)(H,43,44). The van der Waals surface area contributed by atoms with Gasteiger partial charge in [-0.3, -0.25) is 38.1 Å². The minimum atomic E-state index is -4.62. The van der Waals surface area contributed by atoms with Crippen LogP contribution in [0, 0.1) is 0 Å². The van der Waals surface area contributed by atoms with Crippen LogP contribution in [-0.2, 0) is 44.0 Å². The molecule has 2 unspecified atom stereocenters. The predicted octanol–water partition coefficient (Wildman–Crippen LogP) is 2.41. The number of phosphoric ester groups is 1. The Morgan fingerprint density at radius 2 is 1.23 bits per heavy atom. The third kappa shape index (κ3) is 22.2. The molecular formula is C31H50N3O12P. The van der Waals surface area contributed by atoms with Crippen molar-refractivity contribution in [1.82, 2.24) is 14.7 Å². The van der Waals surface area contributed by atoms with Gasteiger partial charge in [-0.05, 0) is 24.8 Å². The minimum absolute atomic E-state index is 0.000559. The number of carbonyl (C=O) groups excluding carboxylic acids is 2. The molecule has 0 fully saturated rings. The van der Waals surface area contributed by atoms with Gasteiger partial charge in [-0.15, -0.1) is 0 Å². The van der Waals surface area contributed by atoms with Crippen LogP contribution in [0.5, 0.6) is 0 Å². The summed E-state index contributed by atoms with van der Waals surface area (Å²) in [5.41, 5.74) is 1.34. The molecule has 0 aromatic heterocycles. The van der Waals surface area contributed by atoms with Gasteiger partial charge in [0.05, 0.1) is 45.9 Å². The molecule has 0 spiro atoms. The summed E-state index contributed by atoms with van der Waals surface area (Å²) in [7, 11) is -4.62. The van der Waals surface area contributed by atoms with Crippen LogP contribution < -0.4 is 0 Å². The first-order chi connectivity index (χ1) is 22.5. The second-order valence-electron chi connectivity index (χ2n) is 11.2. The smallest absolute Gasteiger partial charge is 0.472 e. The van der Waals surface area contributed by atoms with Gasteiger partial charge in [-0.1, -0.05) is 68.9 Å². The highest BCUT2D eigenvalue weighted by molar-refractivity contribution is 7.47. The Balaban J connectivity index is 2.63. The van der Waals surface area contributed by atoms with Gasteiger partial charge in [-0.2, -0.15) is 0 Å². The third-order valence-corrected chi connectivity index (χ3v) is 8.29. The number of nitrogens with zero attached hydrogens (tertiary/aromatic N) is 3. The number of hydrogen-bond acceptors (Lipinski definition) is 11. The Labute approximate surface area is 276 Å². The number of rotatable bonds is 31. The van der Waals surface area contributed by atoms with Crippen LogP contribution in [0.1, 0.15) is 56.9 Å². The van der Waals surface area contributed by atoms with Gasteiger partial charge in [-0.25, -0.2) is 4.57 Å². The van der Waals surface area contributed by atoms with Crippen molar-refractivity contribution in [3.8, 4) is 0 Å². The first-order valence-electron chi connectivity index (χ1n) is 15.8. The van der Waals surface area contributed by atoms with E-state index in [1.807, 2.05) is 18.2 Å². The second kappa shape index (κ2) is 25.0. The number of carboxylic acid groups (broad SMARTS) is 3. The van der Waals surface area contributed by atoms with E-state index in [4.69, 9.17) is 9.05 Å². The van der Waals surface area contributed by atoms with Gasteiger partial charge in [0.15, 0.2) is 0 Å². The number of carbonyl (C=O) groups is 5. The lowest BCUT2D eigenvalue weighted by molar-refractivity contribution is -0.144. The quantitative estimate of drug-likeness (QED) is 0.0502. The van der Waals surface area contributed by atoms with E-state index >= 15 is 0 Å². The molecule has 16 heteroatoms. The topological polar surface area (TPSA) is 212 Å². The molecule has 0 radical (unpaired) electrons. The van der Waals surface area contributed by atoms with Crippen LogP contribution in [0.2, 0.25) is 0 Å². The lowest BCUT2D eigenvalue weighted by Gasteiger charge is -2.34. The van der Waals surface area contributed by atoms with Crippen LogP contribution >= 0.6 is 7.82 Å². The molecule has 0 amide bonds. The molecule has 0 saturated carbocycles. The SMILES string of the molecule is O=CCN(CC=O)CCN(CC(=O)O)CC(COP(=O)(O)OCCCCCCCCCCc1ccccc1)N(CC(=O)O)CC(=O)O. The molecule has 0 aliphatic carbocycles. The van der Waals surface area contributed by atoms with Crippen molar-refractivity contribution in [2.45, 2.75) is 63.8 Å². The summed E-state index contributed by atoms with van der Waals surface area (Å²) < 4.78 is 22.9. The molecule has 0 aliphatic rings. The van der Waals surface area contributed by atoms with E-state index in [0.717, 1.165) is 56.3 Å². The summed E-state index contributed by atoms with van der Waals surface area (Å²) >= 11 is 0. The molecule has 2 atom stereocenters. The molecule has 1 aromatic rings. The zero-order valence-electron chi connectivity index (χ0n) is 26.9. The van der Waals surface area contributed by atoms with Crippen molar-refractivity contribution in [3.63, 3.8) is 0 Å². The summed E-state index contributed by atoms with van der Waals surface area (Å²) in [6.07, 6.45) is 10.1. The number of hydrogen-bond donors (Lipinski definition) is 4. The van der Waals surface area contributed by atoms with E-state index in [2.05, 4.69) is 12.1 Å². The van der Waals surface area contributed by atoms with Crippen molar-refractivity contribution in [3.05, 3.63) is 35.9 Å². The van der Waals surface area contributed by atoms with E-state index in [1.165, 1.54) is 15.4 Å². The molecule has 266 valence electrons. The van der Waals surface area contributed by atoms with Crippen molar-refractivity contribution in [2.24, 2.45) is 0 Å². The maximum Gasteiger partial charge on any atom is 0.472 e. The average molecular weight is 688 g/mol. The van der Waals surface area contributed by atoms with Crippen molar-refractivity contribution < 1.29 is 57.8 Å². The minimum Gasteiger partial charge on any atom is -0.480 e. The number of phosphoric acid groups is 1. The Morgan fingerprint density at radius 3 is 1.77 bits per heavy atom. The number of carboxylic acids is 3. The molecule has 0 saturated heterocycles. The normalized spacial score (nSPS) is 13.4. The lowest BCUT2D eigenvalue weighted by Crippen LogP contribution is -2.52. The van der Waals surface area contributed by atoms with Crippen LogP contribution in [0.25, 0.3) is 0 Å². The fourth-order valence-electron chi connectivity index (χ4n) is 4.94. The molecular weight excluding hydrogens is 637 g/mol. The molecule has 15 nitrogen and oxygen atoms in total. The first-order valence-corrected chi connectivity index (χ1v) is 17.3.